The number of amides is 1. The number of aryl methyl sites for hydroxylation is 1. The summed E-state index contributed by atoms with van der Waals surface area (Å²) in [6, 6.07) is 7.22. The SMILES string of the molecule is Cc1ccnn1CC(=O)N1CCC[C@H]1c1nc(-c2ccccn2)no1. The van der Waals surface area contributed by atoms with Crippen LogP contribution in [0.3, 0.4) is 0 Å². The molecule has 0 aliphatic carbocycles. The van der Waals surface area contributed by atoms with Crippen LogP contribution in [0.4, 0.5) is 0 Å². The first-order valence-electron chi connectivity index (χ1n) is 8.25. The van der Waals surface area contributed by atoms with Crippen LogP contribution < -0.4 is 0 Å². The lowest BCUT2D eigenvalue weighted by atomic mass is 10.2. The van der Waals surface area contributed by atoms with E-state index in [-0.39, 0.29) is 18.5 Å². The first-order chi connectivity index (χ1) is 12.2. The van der Waals surface area contributed by atoms with Gasteiger partial charge in [0.25, 0.3) is 0 Å². The number of likely N-dealkylation sites (tertiary alicyclic amines) is 1. The highest BCUT2D eigenvalue weighted by atomic mass is 16.5. The second-order valence-corrected chi connectivity index (χ2v) is 6.05. The summed E-state index contributed by atoms with van der Waals surface area (Å²) in [4.78, 5) is 23.2. The van der Waals surface area contributed by atoms with Crippen molar-refractivity contribution < 1.29 is 9.32 Å². The monoisotopic (exact) mass is 338 g/mol. The van der Waals surface area contributed by atoms with E-state index in [2.05, 4.69) is 20.2 Å². The fraction of sp³-hybridized carbons (Fsp3) is 0.353. The van der Waals surface area contributed by atoms with E-state index in [1.807, 2.05) is 31.2 Å². The van der Waals surface area contributed by atoms with E-state index < -0.39 is 0 Å². The largest absolute Gasteiger partial charge is 0.337 e. The van der Waals surface area contributed by atoms with Crippen molar-refractivity contribution in [1.82, 2.24) is 29.8 Å². The summed E-state index contributed by atoms with van der Waals surface area (Å²) in [6.07, 6.45) is 5.11. The van der Waals surface area contributed by atoms with Crippen LogP contribution in [-0.2, 0) is 11.3 Å². The maximum atomic E-state index is 12.7. The molecule has 0 N–H and O–H groups in total. The molecule has 0 aromatic carbocycles. The van der Waals surface area contributed by atoms with Crippen LogP contribution in [0, 0.1) is 6.92 Å². The van der Waals surface area contributed by atoms with E-state index >= 15 is 0 Å². The van der Waals surface area contributed by atoms with Crippen molar-refractivity contribution in [2.45, 2.75) is 32.4 Å². The molecule has 0 spiro atoms. The van der Waals surface area contributed by atoms with Gasteiger partial charge >= 0.3 is 0 Å². The molecular formula is C17H18N6O2. The fourth-order valence-electron chi connectivity index (χ4n) is 3.07. The molecule has 8 nitrogen and oxygen atoms in total. The van der Waals surface area contributed by atoms with E-state index in [9.17, 15) is 4.79 Å². The Hall–Kier alpha value is -3.03. The molecule has 128 valence electrons. The van der Waals surface area contributed by atoms with Gasteiger partial charge in [-0.3, -0.25) is 14.5 Å². The predicted molar refractivity (Wildman–Crippen MR) is 88.2 cm³/mol. The Morgan fingerprint density at radius 3 is 3.00 bits per heavy atom. The molecule has 0 saturated carbocycles. The van der Waals surface area contributed by atoms with E-state index in [1.54, 1.807) is 22.0 Å². The van der Waals surface area contributed by atoms with Gasteiger partial charge in [0.1, 0.15) is 18.3 Å². The Labute approximate surface area is 144 Å². The van der Waals surface area contributed by atoms with E-state index in [4.69, 9.17) is 4.52 Å². The van der Waals surface area contributed by atoms with Crippen molar-refractivity contribution in [3.63, 3.8) is 0 Å². The Bertz CT molecular complexity index is 872. The second-order valence-electron chi connectivity index (χ2n) is 6.05. The summed E-state index contributed by atoms with van der Waals surface area (Å²) in [5.41, 5.74) is 1.61. The van der Waals surface area contributed by atoms with Crippen LogP contribution in [0.15, 0.2) is 41.2 Å². The van der Waals surface area contributed by atoms with Gasteiger partial charge in [0, 0.05) is 24.6 Å². The zero-order valence-corrected chi connectivity index (χ0v) is 13.9. The van der Waals surface area contributed by atoms with Gasteiger partial charge in [-0.05, 0) is 38.0 Å². The number of pyridine rings is 1. The van der Waals surface area contributed by atoms with Crippen LogP contribution in [0.1, 0.15) is 30.5 Å². The molecule has 1 aliphatic heterocycles. The quantitative estimate of drug-likeness (QED) is 0.723. The summed E-state index contributed by atoms with van der Waals surface area (Å²) in [5.74, 6) is 0.911. The summed E-state index contributed by atoms with van der Waals surface area (Å²) in [6.45, 7) is 2.83. The minimum atomic E-state index is -0.187. The molecular weight excluding hydrogens is 320 g/mol. The number of carbonyl (C=O) groups excluding carboxylic acids is 1. The first kappa shape index (κ1) is 15.5. The second kappa shape index (κ2) is 6.46. The maximum absolute atomic E-state index is 12.7. The molecule has 0 unspecified atom stereocenters. The zero-order chi connectivity index (χ0) is 17.2. The number of rotatable bonds is 4. The molecule has 4 rings (SSSR count). The van der Waals surface area contributed by atoms with Crippen molar-refractivity contribution in [2.24, 2.45) is 0 Å². The minimum absolute atomic E-state index is 0.00638. The van der Waals surface area contributed by atoms with Gasteiger partial charge in [-0.1, -0.05) is 11.2 Å². The highest BCUT2D eigenvalue weighted by Gasteiger charge is 2.34. The molecule has 0 radical (unpaired) electrons. The Balaban J connectivity index is 1.53. The lowest BCUT2D eigenvalue weighted by molar-refractivity contribution is -0.133. The normalized spacial score (nSPS) is 17.2. The Morgan fingerprint density at radius 2 is 2.24 bits per heavy atom. The standard InChI is InChI=1S/C17H18N6O2/c1-12-7-9-19-23(12)11-15(24)22-10-4-6-14(22)17-20-16(21-25-17)13-5-2-3-8-18-13/h2-3,5,7-9,14H,4,6,10-11H2,1H3/t14-/m0/s1. The summed E-state index contributed by atoms with van der Waals surface area (Å²) in [5, 5.41) is 8.19. The lowest BCUT2D eigenvalue weighted by Gasteiger charge is -2.22. The van der Waals surface area contributed by atoms with Crippen molar-refractivity contribution in [3.05, 3.63) is 48.2 Å². The molecule has 1 aliphatic rings. The minimum Gasteiger partial charge on any atom is -0.337 e. The van der Waals surface area contributed by atoms with Crippen LogP contribution in [-0.4, -0.2) is 42.3 Å². The van der Waals surface area contributed by atoms with Crippen molar-refractivity contribution >= 4 is 5.91 Å². The molecule has 1 fully saturated rings. The van der Waals surface area contributed by atoms with Gasteiger partial charge in [0.15, 0.2) is 0 Å². The van der Waals surface area contributed by atoms with Gasteiger partial charge in [0.2, 0.25) is 17.6 Å². The average Bonchev–Trinajstić information content (AvgIpc) is 3.36. The van der Waals surface area contributed by atoms with Gasteiger partial charge in [0.05, 0.1) is 0 Å². The third-order valence-corrected chi connectivity index (χ3v) is 4.41. The van der Waals surface area contributed by atoms with Gasteiger partial charge in [-0.2, -0.15) is 10.1 Å². The molecule has 8 heteroatoms. The van der Waals surface area contributed by atoms with Crippen molar-refractivity contribution in [3.8, 4) is 11.5 Å². The van der Waals surface area contributed by atoms with E-state index in [0.717, 1.165) is 18.5 Å². The summed E-state index contributed by atoms with van der Waals surface area (Å²) < 4.78 is 7.12. The number of carbonyl (C=O) groups is 1. The fourth-order valence-corrected chi connectivity index (χ4v) is 3.07. The van der Waals surface area contributed by atoms with Crippen LogP contribution in [0.5, 0.6) is 0 Å². The first-order valence-corrected chi connectivity index (χ1v) is 8.25. The van der Waals surface area contributed by atoms with Gasteiger partial charge in [-0.25, -0.2) is 0 Å². The maximum Gasteiger partial charge on any atom is 0.249 e. The third kappa shape index (κ3) is 3.02. The predicted octanol–water partition coefficient (Wildman–Crippen LogP) is 2.00. The molecule has 25 heavy (non-hydrogen) atoms. The van der Waals surface area contributed by atoms with E-state index in [1.165, 1.54) is 0 Å². The highest BCUT2D eigenvalue weighted by Crippen LogP contribution is 2.32. The molecule has 1 amide bonds. The third-order valence-electron chi connectivity index (χ3n) is 4.41. The van der Waals surface area contributed by atoms with E-state index in [0.29, 0.717) is 24.0 Å². The topological polar surface area (TPSA) is 89.9 Å². The molecule has 3 aromatic rings. The molecule has 3 aromatic heterocycles. The lowest BCUT2D eigenvalue weighted by Crippen LogP contribution is -2.34. The number of hydrogen-bond acceptors (Lipinski definition) is 6. The molecule has 4 heterocycles. The zero-order valence-electron chi connectivity index (χ0n) is 13.9. The number of nitrogens with zero attached hydrogens (tertiary/aromatic N) is 6. The molecule has 0 bridgehead atoms. The molecule has 1 atom stereocenters. The highest BCUT2D eigenvalue weighted by molar-refractivity contribution is 5.76. The van der Waals surface area contributed by atoms with Crippen LogP contribution in [0.25, 0.3) is 11.5 Å². The van der Waals surface area contributed by atoms with Gasteiger partial charge in [-0.15, -0.1) is 0 Å². The smallest absolute Gasteiger partial charge is 0.249 e. The van der Waals surface area contributed by atoms with Crippen molar-refractivity contribution in [1.29, 1.82) is 0 Å². The van der Waals surface area contributed by atoms with Crippen molar-refractivity contribution in [2.75, 3.05) is 6.54 Å². The average molecular weight is 338 g/mol. The van der Waals surface area contributed by atoms with Crippen LogP contribution >= 0.6 is 0 Å². The summed E-state index contributed by atoms with van der Waals surface area (Å²) >= 11 is 0. The number of aromatic nitrogens is 5. The Kier molecular flexibility index (Phi) is 4.01. The number of hydrogen-bond donors (Lipinski definition) is 0. The Morgan fingerprint density at radius 1 is 1.32 bits per heavy atom. The molecule has 1 saturated heterocycles. The van der Waals surface area contributed by atoms with Gasteiger partial charge < -0.3 is 9.42 Å². The van der Waals surface area contributed by atoms with Crippen LogP contribution in [0.2, 0.25) is 0 Å². The summed E-state index contributed by atoms with van der Waals surface area (Å²) in [7, 11) is 0.